The number of anilines is 2. The molecule has 18 heavy (non-hydrogen) atoms. The molecule has 0 fully saturated rings. The van der Waals surface area contributed by atoms with Crippen molar-refractivity contribution in [2.24, 2.45) is 0 Å². The van der Waals surface area contributed by atoms with Crippen LogP contribution in [0.2, 0.25) is 5.15 Å². The summed E-state index contributed by atoms with van der Waals surface area (Å²) in [5.74, 6) is 0.853. The lowest BCUT2D eigenvalue weighted by atomic mass is 10.1. The second-order valence-electron chi connectivity index (χ2n) is 3.94. The first-order valence-electron chi connectivity index (χ1n) is 5.79. The highest BCUT2D eigenvalue weighted by atomic mass is 35.5. The van der Waals surface area contributed by atoms with Gasteiger partial charge in [-0.05, 0) is 17.9 Å². The molecule has 2 aromatic heterocycles. The quantitative estimate of drug-likeness (QED) is 0.820. The van der Waals surface area contributed by atoms with Gasteiger partial charge >= 0.3 is 0 Å². The summed E-state index contributed by atoms with van der Waals surface area (Å²) in [5.41, 5.74) is 5.58. The molecule has 0 aliphatic rings. The third kappa shape index (κ3) is 3.34. The topological polar surface area (TPSA) is 63.8 Å². The molecule has 0 spiro atoms. The van der Waals surface area contributed by atoms with E-state index in [1.165, 1.54) is 4.88 Å². The Kier molecular flexibility index (Phi) is 4.38. The molecule has 1 unspecified atom stereocenters. The van der Waals surface area contributed by atoms with Crippen molar-refractivity contribution in [1.29, 1.82) is 0 Å². The van der Waals surface area contributed by atoms with Crippen molar-refractivity contribution >= 4 is 34.7 Å². The maximum absolute atomic E-state index is 5.87. The zero-order chi connectivity index (χ0) is 13.0. The van der Waals surface area contributed by atoms with Crippen LogP contribution in [0.3, 0.4) is 0 Å². The van der Waals surface area contributed by atoms with E-state index in [-0.39, 0.29) is 12.0 Å². The molecule has 2 heterocycles. The highest BCUT2D eigenvalue weighted by molar-refractivity contribution is 7.10. The third-order valence-corrected chi connectivity index (χ3v) is 3.68. The van der Waals surface area contributed by atoms with Gasteiger partial charge in [0.1, 0.15) is 11.0 Å². The highest BCUT2D eigenvalue weighted by Gasteiger charge is 2.12. The average molecular weight is 283 g/mol. The largest absolute Gasteiger partial charge is 0.368 e. The zero-order valence-corrected chi connectivity index (χ0v) is 11.6. The predicted molar refractivity (Wildman–Crippen MR) is 77.0 cm³/mol. The van der Waals surface area contributed by atoms with Crippen LogP contribution in [-0.2, 0) is 0 Å². The molecule has 3 N–H and O–H groups in total. The van der Waals surface area contributed by atoms with Gasteiger partial charge in [0.15, 0.2) is 0 Å². The molecule has 0 aromatic carbocycles. The Bertz CT molecular complexity index is 481. The van der Waals surface area contributed by atoms with Crippen molar-refractivity contribution < 1.29 is 0 Å². The van der Waals surface area contributed by atoms with E-state index < -0.39 is 0 Å². The molecule has 0 aliphatic heterocycles. The maximum atomic E-state index is 5.87. The van der Waals surface area contributed by atoms with Gasteiger partial charge in [0.05, 0.1) is 6.04 Å². The van der Waals surface area contributed by atoms with Crippen molar-refractivity contribution in [1.82, 2.24) is 9.97 Å². The van der Waals surface area contributed by atoms with Gasteiger partial charge in [0.25, 0.3) is 0 Å². The first-order valence-corrected chi connectivity index (χ1v) is 7.04. The van der Waals surface area contributed by atoms with Crippen molar-refractivity contribution in [3.63, 3.8) is 0 Å². The van der Waals surface area contributed by atoms with Gasteiger partial charge in [-0.3, -0.25) is 0 Å². The minimum atomic E-state index is 0.187. The fourth-order valence-corrected chi connectivity index (χ4v) is 2.75. The van der Waals surface area contributed by atoms with Crippen LogP contribution in [0, 0.1) is 0 Å². The van der Waals surface area contributed by atoms with E-state index in [0.29, 0.717) is 11.0 Å². The number of thiophene rings is 1. The Labute approximate surface area is 115 Å². The Balaban J connectivity index is 2.18. The van der Waals surface area contributed by atoms with E-state index in [1.54, 1.807) is 17.4 Å². The SMILES string of the molecule is CCCC(Nc1cc(Cl)nc(N)n1)c1cccs1. The van der Waals surface area contributed by atoms with Crippen LogP contribution in [0.15, 0.2) is 23.6 Å². The summed E-state index contributed by atoms with van der Waals surface area (Å²) in [6.07, 6.45) is 2.12. The molecule has 0 amide bonds. The molecule has 4 nitrogen and oxygen atoms in total. The van der Waals surface area contributed by atoms with Gasteiger partial charge in [-0.15, -0.1) is 11.3 Å². The Morgan fingerprint density at radius 1 is 1.50 bits per heavy atom. The number of nitrogens with one attached hydrogen (secondary N) is 1. The molecular weight excluding hydrogens is 268 g/mol. The lowest BCUT2D eigenvalue weighted by Gasteiger charge is -2.17. The summed E-state index contributed by atoms with van der Waals surface area (Å²) in [4.78, 5) is 9.27. The number of aromatic nitrogens is 2. The van der Waals surface area contributed by atoms with E-state index in [1.807, 2.05) is 6.07 Å². The molecule has 1 atom stereocenters. The van der Waals surface area contributed by atoms with Crippen LogP contribution in [0.25, 0.3) is 0 Å². The standard InChI is InChI=1S/C12H15ClN4S/c1-2-4-8(9-5-3-6-18-9)15-11-7-10(13)16-12(14)17-11/h3,5-8H,2,4H2,1H3,(H3,14,15,16,17). The highest BCUT2D eigenvalue weighted by Crippen LogP contribution is 2.27. The molecule has 2 aromatic rings. The average Bonchev–Trinajstić information content (AvgIpc) is 2.80. The van der Waals surface area contributed by atoms with Crippen LogP contribution < -0.4 is 11.1 Å². The second kappa shape index (κ2) is 6.02. The first-order chi connectivity index (χ1) is 8.69. The fourth-order valence-electron chi connectivity index (χ4n) is 1.75. The van der Waals surface area contributed by atoms with Crippen LogP contribution in [0.5, 0.6) is 0 Å². The van der Waals surface area contributed by atoms with Crippen molar-refractivity contribution in [2.45, 2.75) is 25.8 Å². The molecule has 0 saturated heterocycles. The number of hydrogen-bond donors (Lipinski definition) is 2. The van der Waals surface area contributed by atoms with Gasteiger partial charge in [0.2, 0.25) is 5.95 Å². The van der Waals surface area contributed by atoms with Gasteiger partial charge in [-0.1, -0.05) is 31.0 Å². The second-order valence-corrected chi connectivity index (χ2v) is 5.30. The number of rotatable bonds is 5. The molecule has 96 valence electrons. The summed E-state index contributed by atoms with van der Waals surface area (Å²) < 4.78 is 0. The van der Waals surface area contributed by atoms with E-state index in [9.17, 15) is 0 Å². The number of halogens is 1. The predicted octanol–water partition coefficient (Wildman–Crippen LogP) is 3.73. The summed E-state index contributed by atoms with van der Waals surface area (Å²) >= 11 is 7.60. The number of nitrogens with two attached hydrogens (primary N) is 1. The lowest BCUT2D eigenvalue weighted by Crippen LogP contribution is -2.11. The van der Waals surface area contributed by atoms with Gasteiger partial charge < -0.3 is 11.1 Å². The van der Waals surface area contributed by atoms with Gasteiger partial charge in [-0.25, -0.2) is 4.98 Å². The Morgan fingerprint density at radius 3 is 2.94 bits per heavy atom. The summed E-state index contributed by atoms with van der Waals surface area (Å²) in [7, 11) is 0. The lowest BCUT2D eigenvalue weighted by molar-refractivity contribution is 0.684. The van der Waals surface area contributed by atoms with Gasteiger partial charge in [0, 0.05) is 10.9 Å². The summed E-state index contributed by atoms with van der Waals surface area (Å²) in [5, 5.41) is 5.78. The van der Waals surface area contributed by atoms with E-state index in [2.05, 4.69) is 33.7 Å². The number of nitrogen functional groups attached to an aromatic ring is 1. The van der Waals surface area contributed by atoms with E-state index >= 15 is 0 Å². The third-order valence-electron chi connectivity index (χ3n) is 2.50. The maximum Gasteiger partial charge on any atom is 0.223 e. The van der Waals surface area contributed by atoms with Gasteiger partial charge in [-0.2, -0.15) is 4.98 Å². The smallest absolute Gasteiger partial charge is 0.223 e. The zero-order valence-electron chi connectivity index (χ0n) is 10.1. The van der Waals surface area contributed by atoms with Crippen LogP contribution in [-0.4, -0.2) is 9.97 Å². The minimum Gasteiger partial charge on any atom is -0.368 e. The monoisotopic (exact) mass is 282 g/mol. The number of hydrogen-bond acceptors (Lipinski definition) is 5. The van der Waals surface area contributed by atoms with E-state index in [0.717, 1.165) is 12.8 Å². The van der Waals surface area contributed by atoms with Crippen LogP contribution in [0.4, 0.5) is 11.8 Å². The molecule has 2 rings (SSSR count). The fraction of sp³-hybridized carbons (Fsp3) is 0.333. The van der Waals surface area contributed by atoms with E-state index in [4.69, 9.17) is 17.3 Å². The minimum absolute atomic E-state index is 0.187. The molecule has 0 saturated carbocycles. The summed E-state index contributed by atoms with van der Waals surface area (Å²) in [6.45, 7) is 2.16. The molecule has 6 heteroatoms. The van der Waals surface area contributed by atoms with Crippen molar-refractivity contribution in [3.8, 4) is 0 Å². The molecule has 0 radical (unpaired) electrons. The Hall–Kier alpha value is -1.33. The Morgan fingerprint density at radius 2 is 2.33 bits per heavy atom. The van der Waals surface area contributed by atoms with Crippen LogP contribution in [0.1, 0.15) is 30.7 Å². The summed E-state index contributed by atoms with van der Waals surface area (Å²) in [6, 6.07) is 6.09. The van der Waals surface area contributed by atoms with Crippen LogP contribution >= 0.6 is 22.9 Å². The van der Waals surface area contributed by atoms with Crippen molar-refractivity contribution in [2.75, 3.05) is 11.1 Å². The number of nitrogens with zero attached hydrogens (tertiary/aromatic N) is 2. The van der Waals surface area contributed by atoms with Crippen molar-refractivity contribution in [3.05, 3.63) is 33.6 Å². The molecular formula is C12H15ClN4S. The molecule has 0 aliphatic carbocycles. The normalized spacial score (nSPS) is 12.3. The molecule has 0 bridgehead atoms. The first kappa shape index (κ1) is 13.1.